The fourth-order valence-electron chi connectivity index (χ4n) is 1.59. The van der Waals surface area contributed by atoms with E-state index in [4.69, 9.17) is 0 Å². The number of hydrogen-bond donors (Lipinski definition) is 1. The van der Waals surface area contributed by atoms with Crippen molar-refractivity contribution in [2.75, 3.05) is 6.54 Å². The fraction of sp³-hybridized carbons (Fsp3) is 0.818. The zero-order chi connectivity index (χ0) is 8.97. The molecule has 0 aliphatic heterocycles. The molecule has 1 saturated carbocycles. The highest BCUT2D eigenvalue weighted by Crippen LogP contribution is 2.28. The monoisotopic (exact) mass is 167 g/mol. The predicted molar refractivity (Wildman–Crippen MR) is 54.2 cm³/mol. The van der Waals surface area contributed by atoms with Gasteiger partial charge in [-0.15, -0.1) is 0 Å². The zero-order valence-electron chi connectivity index (χ0n) is 8.56. The van der Waals surface area contributed by atoms with Crippen molar-refractivity contribution in [3.63, 3.8) is 0 Å². The number of hydrogen-bond acceptors (Lipinski definition) is 1. The average Bonchev–Trinajstić information content (AvgIpc) is 1.97. The largest absolute Gasteiger partial charge is 0.311 e. The van der Waals surface area contributed by atoms with E-state index in [1.54, 1.807) is 0 Å². The average molecular weight is 167 g/mol. The maximum atomic E-state index is 3.43. The van der Waals surface area contributed by atoms with Crippen molar-refractivity contribution >= 4 is 0 Å². The van der Waals surface area contributed by atoms with E-state index < -0.39 is 0 Å². The molecule has 1 nitrogen and oxygen atoms in total. The summed E-state index contributed by atoms with van der Waals surface area (Å²) in [6, 6.07) is 0.565. The molecule has 1 heteroatoms. The van der Waals surface area contributed by atoms with Gasteiger partial charge >= 0.3 is 0 Å². The molecule has 0 radical (unpaired) electrons. The summed E-state index contributed by atoms with van der Waals surface area (Å²) in [5.74, 6) is 0.895. The van der Waals surface area contributed by atoms with Gasteiger partial charge in [-0.05, 0) is 39.2 Å². The van der Waals surface area contributed by atoms with Gasteiger partial charge in [-0.2, -0.15) is 0 Å². The maximum Gasteiger partial charge on any atom is 0.0248 e. The first-order valence-corrected chi connectivity index (χ1v) is 5.15. The first-order valence-electron chi connectivity index (χ1n) is 5.15. The van der Waals surface area contributed by atoms with Gasteiger partial charge in [0, 0.05) is 6.04 Å². The van der Waals surface area contributed by atoms with Crippen LogP contribution < -0.4 is 5.32 Å². The summed E-state index contributed by atoms with van der Waals surface area (Å²) < 4.78 is 0. The van der Waals surface area contributed by atoms with Crippen LogP contribution in [0.15, 0.2) is 11.6 Å². The van der Waals surface area contributed by atoms with Gasteiger partial charge in [-0.1, -0.05) is 25.0 Å². The molecule has 1 unspecified atom stereocenters. The molecule has 0 bridgehead atoms. The number of rotatable bonds is 4. The van der Waals surface area contributed by atoms with Crippen LogP contribution in [0.3, 0.4) is 0 Å². The van der Waals surface area contributed by atoms with Crippen molar-refractivity contribution in [1.82, 2.24) is 5.32 Å². The van der Waals surface area contributed by atoms with Gasteiger partial charge in [0.25, 0.3) is 0 Å². The summed E-state index contributed by atoms with van der Waals surface area (Å²) in [7, 11) is 0. The molecule has 0 aromatic carbocycles. The second-order valence-corrected chi connectivity index (χ2v) is 3.88. The lowest BCUT2D eigenvalue weighted by atomic mass is 9.83. The van der Waals surface area contributed by atoms with E-state index >= 15 is 0 Å². The second kappa shape index (κ2) is 4.66. The van der Waals surface area contributed by atoms with Crippen LogP contribution in [0.4, 0.5) is 0 Å². The van der Waals surface area contributed by atoms with Crippen LogP contribution in [0.1, 0.15) is 40.0 Å². The van der Waals surface area contributed by atoms with Crippen molar-refractivity contribution < 1.29 is 0 Å². The SMILES string of the molecule is CCNC(C)C(C)=CC1CCC1. The van der Waals surface area contributed by atoms with Crippen LogP contribution in [-0.2, 0) is 0 Å². The third-order valence-corrected chi connectivity index (χ3v) is 2.84. The molecule has 1 N–H and O–H groups in total. The minimum atomic E-state index is 0.565. The van der Waals surface area contributed by atoms with Crippen molar-refractivity contribution in [3.8, 4) is 0 Å². The molecule has 12 heavy (non-hydrogen) atoms. The first kappa shape index (κ1) is 9.79. The van der Waals surface area contributed by atoms with E-state index in [1.165, 1.54) is 24.8 Å². The Hall–Kier alpha value is -0.300. The second-order valence-electron chi connectivity index (χ2n) is 3.88. The third-order valence-electron chi connectivity index (χ3n) is 2.84. The van der Waals surface area contributed by atoms with E-state index in [1.807, 2.05) is 0 Å². The Kier molecular flexibility index (Phi) is 3.80. The quantitative estimate of drug-likeness (QED) is 0.635. The maximum absolute atomic E-state index is 3.43. The molecular formula is C11H21N. The molecule has 1 rings (SSSR count). The number of allylic oxidation sites excluding steroid dienone is 1. The van der Waals surface area contributed by atoms with Crippen LogP contribution in [-0.4, -0.2) is 12.6 Å². The van der Waals surface area contributed by atoms with Crippen LogP contribution in [0.2, 0.25) is 0 Å². The Labute approximate surface area is 76.2 Å². The molecule has 1 fully saturated rings. The third kappa shape index (κ3) is 2.63. The van der Waals surface area contributed by atoms with Gasteiger partial charge < -0.3 is 5.32 Å². The lowest BCUT2D eigenvalue weighted by molar-refractivity contribution is 0.384. The Morgan fingerprint density at radius 2 is 2.25 bits per heavy atom. The van der Waals surface area contributed by atoms with Gasteiger partial charge in [-0.25, -0.2) is 0 Å². The molecule has 70 valence electrons. The van der Waals surface area contributed by atoms with Crippen molar-refractivity contribution in [1.29, 1.82) is 0 Å². The van der Waals surface area contributed by atoms with E-state index in [2.05, 4.69) is 32.2 Å². The summed E-state index contributed by atoms with van der Waals surface area (Å²) in [6.45, 7) is 7.71. The van der Waals surface area contributed by atoms with E-state index in [0.29, 0.717) is 6.04 Å². The minimum Gasteiger partial charge on any atom is -0.311 e. The molecule has 0 aromatic rings. The standard InChI is InChI=1S/C11H21N/c1-4-12-10(3)9(2)8-11-6-5-7-11/h8,10-12H,4-7H2,1-3H3. The summed E-state index contributed by atoms with van der Waals surface area (Å²) >= 11 is 0. The highest BCUT2D eigenvalue weighted by molar-refractivity contribution is 5.09. The molecule has 0 saturated heterocycles. The Bertz CT molecular complexity index is 156. The molecule has 1 aliphatic carbocycles. The summed E-state index contributed by atoms with van der Waals surface area (Å²) in [5, 5.41) is 3.43. The lowest BCUT2D eigenvalue weighted by Crippen LogP contribution is -2.27. The molecule has 1 aliphatic rings. The fourth-order valence-corrected chi connectivity index (χ4v) is 1.59. The Balaban J connectivity index is 2.32. The molecule has 0 amide bonds. The highest BCUT2D eigenvalue weighted by atomic mass is 14.9. The van der Waals surface area contributed by atoms with Gasteiger partial charge in [0.05, 0.1) is 0 Å². The molecule has 0 aromatic heterocycles. The minimum absolute atomic E-state index is 0.565. The van der Waals surface area contributed by atoms with E-state index in [0.717, 1.165) is 12.5 Å². The van der Waals surface area contributed by atoms with Crippen LogP contribution >= 0.6 is 0 Å². The summed E-state index contributed by atoms with van der Waals surface area (Å²) in [4.78, 5) is 0. The normalized spacial score (nSPS) is 22.1. The zero-order valence-corrected chi connectivity index (χ0v) is 8.56. The van der Waals surface area contributed by atoms with Gasteiger partial charge in [0.1, 0.15) is 0 Å². The van der Waals surface area contributed by atoms with Gasteiger partial charge in [-0.3, -0.25) is 0 Å². The van der Waals surface area contributed by atoms with Crippen molar-refractivity contribution in [2.45, 2.75) is 46.1 Å². The van der Waals surface area contributed by atoms with E-state index in [9.17, 15) is 0 Å². The van der Waals surface area contributed by atoms with Crippen LogP contribution in [0.5, 0.6) is 0 Å². The van der Waals surface area contributed by atoms with Gasteiger partial charge in [0.2, 0.25) is 0 Å². The van der Waals surface area contributed by atoms with Gasteiger partial charge in [0.15, 0.2) is 0 Å². The predicted octanol–water partition coefficient (Wildman–Crippen LogP) is 2.73. The van der Waals surface area contributed by atoms with E-state index in [-0.39, 0.29) is 0 Å². The topological polar surface area (TPSA) is 12.0 Å². The Morgan fingerprint density at radius 1 is 1.58 bits per heavy atom. The molecule has 1 atom stereocenters. The Morgan fingerprint density at radius 3 is 2.67 bits per heavy atom. The molecular weight excluding hydrogens is 146 g/mol. The van der Waals surface area contributed by atoms with Crippen molar-refractivity contribution in [2.24, 2.45) is 5.92 Å². The summed E-state index contributed by atoms with van der Waals surface area (Å²) in [5.41, 5.74) is 1.52. The first-order chi connectivity index (χ1) is 5.74. The molecule has 0 heterocycles. The summed E-state index contributed by atoms with van der Waals surface area (Å²) in [6.07, 6.45) is 6.72. The van der Waals surface area contributed by atoms with Crippen LogP contribution in [0, 0.1) is 5.92 Å². The highest BCUT2D eigenvalue weighted by Gasteiger charge is 2.15. The molecule has 0 spiro atoms. The number of nitrogens with one attached hydrogen (secondary N) is 1. The smallest absolute Gasteiger partial charge is 0.0248 e. The lowest BCUT2D eigenvalue weighted by Gasteiger charge is -2.24. The number of likely N-dealkylation sites (N-methyl/N-ethyl adjacent to an activating group) is 1. The van der Waals surface area contributed by atoms with Crippen LogP contribution in [0.25, 0.3) is 0 Å². The van der Waals surface area contributed by atoms with Crippen molar-refractivity contribution in [3.05, 3.63) is 11.6 Å².